The molecule has 0 radical (unpaired) electrons. The lowest BCUT2D eigenvalue weighted by molar-refractivity contribution is -0.115. The first-order chi connectivity index (χ1) is 14.3. The molecule has 1 heterocycles. The number of carbonyl (C=O) groups excluding carboxylic acids is 1. The molecule has 0 spiro atoms. The predicted molar refractivity (Wildman–Crippen MR) is 118 cm³/mol. The first-order valence-corrected chi connectivity index (χ1v) is 11.0. The van der Waals surface area contributed by atoms with Crippen LogP contribution in [0.2, 0.25) is 5.02 Å². The van der Waals surface area contributed by atoms with Crippen LogP contribution >= 0.6 is 11.6 Å². The zero-order chi connectivity index (χ0) is 21.7. The third-order valence-electron chi connectivity index (χ3n) is 4.19. The van der Waals surface area contributed by atoms with Crippen molar-refractivity contribution in [3.05, 3.63) is 70.6 Å². The van der Waals surface area contributed by atoms with E-state index in [0.717, 1.165) is 5.56 Å². The van der Waals surface area contributed by atoms with Crippen molar-refractivity contribution in [3.8, 4) is 0 Å². The minimum atomic E-state index is -3.72. The van der Waals surface area contributed by atoms with Crippen molar-refractivity contribution >= 4 is 51.1 Å². The van der Waals surface area contributed by atoms with Crippen LogP contribution in [-0.2, 0) is 14.8 Å². The van der Waals surface area contributed by atoms with E-state index in [9.17, 15) is 13.2 Å². The molecule has 0 saturated heterocycles. The average molecular weight is 446 g/mol. The molecule has 3 aromatic rings. The van der Waals surface area contributed by atoms with Gasteiger partial charge in [-0.05, 0) is 55.0 Å². The predicted octanol–water partition coefficient (Wildman–Crippen LogP) is 4.96. The lowest BCUT2D eigenvalue weighted by atomic mass is 10.2. The number of nitrogens with one attached hydrogen (secondary N) is 2. The molecule has 9 heteroatoms. The van der Waals surface area contributed by atoms with Crippen LogP contribution < -0.4 is 10.0 Å². The number of hydrogen-bond donors (Lipinski definition) is 2. The van der Waals surface area contributed by atoms with Gasteiger partial charge in [0.25, 0.3) is 10.0 Å². The third kappa shape index (κ3) is 5.28. The van der Waals surface area contributed by atoms with Gasteiger partial charge in [-0.3, -0.25) is 9.52 Å². The van der Waals surface area contributed by atoms with Gasteiger partial charge in [-0.15, -0.1) is 0 Å². The van der Waals surface area contributed by atoms with Crippen molar-refractivity contribution < 1.29 is 17.7 Å². The Morgan fingerprint density at radius 3 is 2.40 bits per heavy atom. The number of anilines is 2. The highest BCUT2D eigenvalue weighted by molar-refractivity contribution is 7.92. The van der Waals surface area contributed by atoms with Gasteiger partial charge in [0.2, 0.25) is 5.91 Å². The Bertz CT molecular complexity index is 1170. The molecule has 1 aromatic heterocycles. The number of carbonyl (C=O) groups is 1. The fraction of sp³-hybridized carbons (Fsp3) is 0.143. The van der Waals surface area contributed by atoms with Crippen molar-refractivity contribution in [3.63, 3.8) is 0 Å². The Kier molecular flexibility index (Phi) is 6.59. The second kappa shape index (κ2) is 9.15. The number of rotatable bonds is 7. The van der Waals surface area contributed by atoms with Crippen molar-refractivity contribution in [2.24, 2.45) is 0 Å². The summed E-state index contributed by atoms with van der Waals surface area (Å²) < 4.78 is 32.8. The maximum absolute atomic E-state index is 12.5. The fourth-order valence-corrected chi connectivity index (χ4v) is 3.73. The molecule has 0 bridgehead atoms. The maximum Gasteiger partial charge on any atom is 0.261 e. The summed E-state index contributed by atoms with van der Waals surface area (Å²) in [6.45, 7) is 3.49. The van der Waals surface area contributed by atoms with Gasteiger partial charge < -0.3 is 9.84 Å². The van der Waals surface area contributed by atoms with Gasteiger partial charge in [-0.25, -0.2) is 8.42 Å². The van der Waals surface area contributed by atoms with E-state index in [4.69, 9.17) is 16.1 Å². The Balaban J connectivity index is 1.74. The Hall–Kier alpha value is -3.10. The maximum atomic E-state index is 12.5. The minimum Gasteiger partial charge on any atom is -0.354 e. The normalized spacial score (nSPS) is 11.6. The first-order valence-electron chi connectivity index (χ1n) is 9.11. The molecule has 0 saturated carbocycles. The number of nitrogens with zero attached hydrogens (tertiary/aromatic N) is 1. The third-order valence-corrected chi connectivity index (χ3v) is 5.84. The molecule has 2 N–H and O–H groups in total. The highest BCUT2D eigenvalue weighted by Crippen LogP contribution is 2.23. The van der Waals surface area contributed by atoms with Crippen LogP contribution in [0.3, 0.4) is 0 Å². The number of amides is 1. The van der Waals surface area contributed by atoms with Crippen LogP contribution in [0.5, 0.6) is 0 Å². The van der Waals surface area contributed by atoms with E-state index in [-0.39, 0.29) is 10.8 Å². The smallest absolute Gasteiger partial charge is 0.261 e. The van der Waals surface area contributed by atoms with Crippen molar-refractivity contribution in [1.82, 2.24) is 5.16 Å². The minimum absolute atomic E-state index is 0.126. The number of halogens is 1. The Morgan fingerprint density at radius 2 is 1.77 bits per heavy atom. The molecule has 0 atom stereocenters. The number of hydrogen-bond acceptors (Lipinski definition) is 5. The van der Waals surface area contributed by atoms with E-state index in [1.54, 1.807) is 62.4 Å². The summed E-state index contributed by atoms with van der Waals surface area (Å²) in [4.78, 5) is 11.8. The molecule has 7 nitrogen and oxygen atoms in total. The van der Waals surface area contributed by atoms with Crippen molar-refractivity contribution in [2.75, 3.05) is 10.0 Å². The monoisotopic (exact) mass is 445 g/mol. The molecule has 0 aliphatic carbocycles. The van der Waals surface area contributed by atoms with Crippen LogP contribution in [0, 0.1) is 6.92 Å². The summed E-state index contributed by atoms with van der Waals surface area (Å²) in [5.41, 5.74) is 2.27. The summed E-state index contributed by atoms with van der Waals surface area (Å²) in [5, 5.41) is 7.15. The van der Waals surface area contributed by atoms with Crippen LogP contribution in [0.25, 0.3) is 12.2 Å². The van der Waals surface area contributed by atoms with E-state index in [1.165, 1.54) is 12.1 Å². The van der Waals surface area contributed by atoms with Gasteiger partial charge in [0.15, 0.2) is 5.76 Å². The SMILES string of the molecule is CCC(=O)Nc1c(C)noc1C=Cc1ccc(S(=O)(=O)Nc2ccc(Cl)cc2)cc1. The average Bonchev–Trinajstić information content (AvgIpc) is 3.07. The van der Waals surface area contributed by atoms with Crippen LogP contribution in [0.1, 0.15) is 30.4 Å². The highest BCUT2D eigenvalue weighted by atomic mass is 35.5. The van der Waals surface area contributed by atoms with Crippen LogP contribution in [-0.4, -0.2) is 19.5 Å². The van der Waals surface area contributed by atoms with E-state index in [1.807, 2.05) is 0 Å². The lowest BCUT2D eigenvalue weighted by Crippen LogP contribution is -2.12. The molecule has 0 aliphatic heterocycles. The van der Waals surface area contributed by atoms with Gasteiger partial charge >= 0.3 is 0 Å². The summed E-state index contributed by atoms with van der Waals surface area (Å²) in [6, 6.07) is 12.7. The zero-order valence-corrected chi connectivity index (χ0v) is 17.9. The van der Waals surface area contributed by atoms with E-state index < -0.39 is 10.0 Å². The molecule has 3 rings (SSSR count). The van der Waals surface area contributed by atoms with Gasteiger partial charge in [-0.2, -0.15) is 0 Å². The van der Waals surface area contributed by atoms with E-state index in [2.05, 4.69) is 15.2 Å². The van der Waals surface area contributed by atoms with Gasteiger partial charge in [0.1, 0.15) is 11.4 Å². The second-order valence-electron chi connectivity index (χ2n) is 6.42. The molecular formula is C21H20ClN3O4S. The summed E-state index contributed by atoms with van der Waals surface area (Å²) in [6.07, 6.45) is 3.75. The molecule has 0 aliphatic rings. The largest absolute Gasteiger partial charge is 0.354 e. The summed E-state index contributed by atoms with van der Waals surface area (Å²) in [7, 11) is -3.72. The van der Waals surface area contributed by atoms with Crippen molar-refractivity contribution in [2.45, 2.75) is 25.2 Å². The number of aromatic nitrogens is 1. The topological polar surface area (TPSA) is 101 Å². The quantitative estimate of drug-likeness (QED) is 0.535. The lowest BCUT2D eigenvalue weighted by Gasteiger charge is -2.08. The Labute approximate surface area is 179 Å². The first kappa shape index (κ1) is 21.6. The molecule has 156 valence electrons. The standard InChI is InChI=1S/C21H20ClN3O4S/c1-3-20(26)23-21-14(2)24-29-19(21)13-6-15-4-11-18(12-5-15)30(27,28)25-17-9-7-16(22)8-10-17/h4-13,25H,3H2,1-2H3,(H,23,26). The van der Waals surface area contributed by atoms with Crippen LogP contribution in [0.4, 0.5) is 11.4 Å². The molecule has 1 amide bonds. The molecule has 30 heavy (non-hydrogen) atoms. The fourth-order valence-electron chi connectivity index (χ4n) is 2.54. The van der Waals surface area contributed by atoms with Crippen molar-refractivity contribution in [1.29, 1.82) is 0 Å². The van der Waals surface area contributed by atoms with E-state index >= 15 is 0 Å². The highest BCUT2D eigenvalue weighted by Gasteiger charge is 2.15. The Morgan fingerprint density at radius 1 is 1.10 bits per heavy atom. The number of benzene rings is 2. The van der Waals surface area contributed by atoms with Gasteiger partial charge in [-0.1, -0.05) is 41.9 Å². The second-order valence-corrected chi connectivity index (χ2v) is 8.54. The van der Waals surface area contributed by atoms with Crippen LogP contribution in [0.15, 0.2) is 57.9 Å². The molecule has 2 aromatic carbocycles. The number of sulfonamides is 1. The summed E-state index contributed by atoms with van der Waals surface area (Å²) in [5.74, 6) is 0.272. The molecule has 0 fully saturated rings. The number of aryl methyl sites for hydroxylation is 1. The van der Waals surface area contributed by atoms with Gasteiger partial charge in [0.05, 0.1) is 4.90 Å². The zero-order valence-electron chi connectivity index (χ0n) is 16.3. The van der Waals surface area contributed by atoms with E-state index in [0.29, 0.717) is 34.3 Å². The summed E-state index contributed by atoms with van der Waals surface area (Å²) >= 11 is 5.82. The molecular weight excluding hydrogens is 426 g/mol. The van der Waals surface area contributed by atoms with Gasteiger partial charge in [0, 0.05) is 17.1 Å². The molecule has 0 unspecified atom stereocenters.